The Morgan fingerprint density at radius 3 is 2.93 bits per heavy atom. The summed E-state index contributed by atoms with van der Waals surface area (Å²) in [5.41, 5.74) is 0. The number of carbonyl (C=O) groups excluding carboxylic acids is 1. The second-order valence-corrected chi connectivity index (χ2v) is 4.56. The van der Waals surface area contributed by atoms with E-state index >= 15 is 0 Å². The van der Waals surface area contributed by atoms with Crippen molar-refractivity contribution >= 4 is 17.2 Å². The molecule has 1 saturated carbocycles. The third-order valence-electron chi connectivity index (χ3n) is 2.48. The lowest BCUT2D eigenvalue weighted by Crippen LogP contribution is -2.46. The Balaban J connectivity index is 1.90. The van der Waals surface area contributed by atoms with Gasteiger partial charge in [-0.1, -0.05) is 0 Å². The van der Waals surface area contributed by atoms with Crippen molar-refractivity contribution in [2.75, 3.05) is 7.11 Å². The standard InChI is InChI=1S/C10H13NO3S/c1-14-8-4-9(15-5-8)10(13)11-6-2-7(12)3-6/h4-7,12H,2-3H2,1H3,(H,11,13). The van der Waals surface area contributed by atoms with E-state index in [-0.39, 0.29) is 18.1 Å². The topological polar surface area (TPSA) is 58.6 Å². The predicted molar refractivity (Wildman–Crippen MR) is 57.4 cm³/mol. The molecule has 1 aliphatic carbocycles. The Morgan fingerprint density at radius 2 is 2.40 bits per heavy atom. The predicted octanol–water partition coefficient (Wildman–Crippen LogP) is 1.01. The van der Waals surface area contributed by atoms with E-state index < -0.39 is 0 Å². The van der Waals surface area contributed by atoms with Gasteiger partial charge < -0.3 is 15.2 Å². The summed E-state index contributed by atoms with van der Waals surface area (Å²) < 4.78 is 5.00. The maximum atomic E-state index is 11.6. The van der Waals surface area contributed by atoms with Crippen LogP contribution in [0.1, 0.15) is 22.5 Å². The quantitative estimate of drug-likeness (QED) is 0.810. The van der Waals surface area contributed by atoms with Crippen LogP contribution in [0.2, 0.25) is 0 Å². The summed E-state index contributed by atoms with van der Waals surface area (Å²) in [4.78, 5) is 12.3. The summed E-state index contributed by atoms with van der Waals surface area (Å²) in [7, 11) is 1.58. The lowest BCUT2D eigenvalue weighted by Gasteiger charge is -2.31. The van der Waals surface area contributed by atoms with Gasteiger partial charge in [0.2, 0.25) is 0 Å². The highest BCUT2D eigenvalue weighted by Crippen LogP contribution is 2.23. The van der Waals surface area contributed by atoms with Crippen molar-refractivity contribution < 1.29 is 14.6 Å². The molecule has 0 unspecified atom stereocenters. The average molecular weight is 227 g/mol. The Kier molecular flexibility index (Phi) is 2.93. The third-order valence-corrected chi connectivity index (χ3v) is 3.39. The molecular formula is C10H13NO3S. The van der Waals surface area contributed by atoms with Crippen LogP contribution in [0, 0.1) is 0 Å². The molecule has 1 heterocycles. The van der Waals surface area contributed by atoms with Crippen LogP contribution >= 0.6 is 11.3 Å². The van der Waals surface area contributed by atoms with Gasteiger partial charge in [-0.15, -0.1) is 11.3 Å². The van der Waals surface area contributed by atoms with Gasteiger partial charge in [-0.3, -0.25) is 4.79 Å². The summed E-state index contributed by atoms with van der Waals surface area (Å²) in [5.74, 6) is 0.624. The zero-order valence-corrected chi connectivity index (χ0v) is 9.21. The van der Waals surface area contributed by atoms with Gasteiger partial charge in [0.05, 0.1) is 18.1 Å². The van der Waals surface area contributed by atoms with E-state index in [1.807, 2.05) is 0 Å². The van der Waals surface area contributed by atoms with Crippen LogP contribution in [0.5, 0.6) is 5.75 Å². The minimum atomic E-state index is -0.242. The molecule has 1 aliphatic rings. The number of ether oxygens (including phenoxy) is 1. The first kappa shape index (κ1) is 10.4. The molecule has 0 bridgehead atoms. The van der Waals surface area contributed by atoms with Crippen molar-refractivity contribution in [2.45, 2.75) is 25.0 Å². The summed E-state index contributed by atoms with van der Waals surface area (Å²) in [6.07, 6.45) is 1.08. The number of methoxy groups -OCH3 is 1. The molecule has 0 spiro atoms. The number of hydrogen-bond acceptors (Lipinski definition) is 4. The van der Waals surface area contributed by atoms with Crippen molar-refractivity contribution in [3.05, 3.63) is 16.3 Å². The van der Waals surface area contributed by atoms with Crippen LogP contribution in [0.25, 0.3) is 0 Å². The molecule has 1 amide bonds. The summed E-state index contributed by atoms with van der Waals surface area (Å²) in [6.45, 7) is 0. The molecule has 4 nitrogen and oxygen atoms in total. The number of nitrogens with one attached hydrogen (secondary N) is 1. The molecule has 0 saturated heterocycles. The van der Waals surface area contributed by atoms with E-state index in [9.17, 15) is 4.79 Å². The molecule has 1 aromatic rings. The monoisotopic (exact) mass is 227 g/mol. The van der Waals surface area contributed by atoms with Gasteiger partial charge in [-0.2, -0.15) is 0 Å². The number of aliphatic hydroxyl groups excluding tert-OH is 1. The maximum absolute atomic E-state index is 11.6. The van der Waals surface area contributed by atoms with Crippen LogP contribution in [0.3, 0.4) is 0 Å². The lowest BCUT2D eigenvalue weighted by molar-refractivity contribution is 0.0564. The van der Waals surface area contributed by atoms with Gasteiger partial charge in [0.1, 0.15) is 5.75 Å². The number of carbonyl (C=O) groups is 1. The van der Waals surface area contributed by atoms with Crippen LogP contribution in [0.4, 0.5) is 0 Å². The van der Waals surface area contributed by atoms with Gasteiger partial charge in [0, 0.05) is 17.5 Å². The van der Waals surface area contributed by atoms with Gasteiger partial charge in [-0.05, 0) is 12.8 Å². The molecule has 0 aromatic carbocycles. The van der Waals surface area contributed by atoms with Crippen LogP contribution in [-0.2, 0) is 0 Å². The molecule has 15 heavy (non-hydrogen) atoms. The zero-order chi connectivity index (χ0) is 10.8. The average Bonchev–Trinajstić information content (AvgIpc) is 2.63. The number of thiophene rings is 1. The fourth-order valence-electron chi connectivity index (χ4n) is 1.51. The van der Waals surface area contributed by atoms with Crippen molar-refractivity contribution in [3.8, 4) is 5.75 Å². The number of amides is 1. The number of rotatable bonds is 3. The molecular weight excluding hydrogens is 214 g/mol. The molecule has 2 rings (SSSR count). The first-order chi connectivity index (χ1) is 7.19. The Labute approximate surface area is 91.9 Å². The van der Waals surface area contributed by atoms with Crippen molar-refractivity contribution in [2.24, 2.45) is 0 Å². The second-order valence-electron chi connectivity index (χ2n) is 3.65. The summed E-state index contributed by atoms with van der Waals surface area (Å²) in [6, 6.07) is 1.84. The molecule has 0 atom stereocenters. The highest BCUT2D eigenvalue weighted by molar-refractivity contribution is 7.12. The van der Waals surface area contributed by atoms with Crippen LogP contribution < -0.4 is 10.1 Å². The van der Waals surface area contributed by atoms with Crippen molar-refractivity contribution in [3.63, 3.8) is 0 Å². The zero-order valence-electron chi connectivity index (χ0n) is 8.40. The van der Waals surface area contributed by atoms with Gasteiger partial charge in [-0.25, -0.2) is 0 Å². The van der Waals surface area contributed by atoms with E-state index in [0.29, 0.717) is 23.5 Å². The van der Waals surface area contributed by atoms with E-state index in [1.54, 1.807) is 18.6 Å². The molecule has 0 aliphatic heterocycles. The maximum Gasteiger partial charge on any atom is 0.261 e. The van der Waals surface area contributed by atoms with Crippen molar-refractivity contribution in [1.82, 2.24) is 5.32 Å². The van der Waals surface area contributed by atoms with Gasteiger partial charge in [0.15, 0.2) is 0 Å². The third kappa shape index (κ3) is 2.30. The van der Waals surface area contributed by atoms with Crippen LogP contribution in [-0.4, -0.2) is 30.3 Å². The largest absolute Gasteiger partial charge is 0.496 e. The minimum absolute atomic E-state index is 0.0831. The summed E-state index contributed by atoms with van der Waals surface area (Å²) in [5, 5.41) is 13.7. The van der Waals surface area contributed by atoms with E-state index in [0.717, 1.165) is 0 Å². The lowest BCUT2D eigenvalue weighted by atomic mass is 9.89. The van der Waals surface area contributed by atoms with E-state index in [2.05, 4.69) is 5.32 Å². The molecule has 5 heteroatoms. The molecule has 2 N–H and O–H groups in total. The minimum Gasteiger partial charge on any atom is -0.496 e. The smallest absolute Gasteiger partial charge is 0.261 e. The molecule has 0 radical (unpaired) electrons. The highest BCUT2D eigenvalue weighted by Gasteiger charge is 2.28. The Morgan fingerprint density at radius 1 is 1.67 bits per heavy atom. The van der Waals surface area contributed by atoms with Gasteiger partial charge in [0.25, 0.3) is 5.91 Å². The SMILES string of the molecule is COc1csc(C(=O)NC2CC(O)C2)c1. The first-order valence-electron chi connectivity index (χ1n) is 4.80. The summed E-state index contributed by atoms with van der Waals surface area (Å²) >= 11 is 1.36. The molecule has 1 aromatic heterocycles. The fraction of sp³-hybridized carbons (Fsp3) is 0.500. The van der Waals surface area contributed by atoms with Gasteiger partial charge >= 0.3 is 0 Å². The fourth-order valence-corrected chi connectivity index (χ4v) is 2.26. The van der Waals surface area contributed by atoms with Crippen LogP contribution in [0.15, 0.2) is 11.4 Å². The van der Waals surface area contributed by atoms with E-state index in [4.69, 9.17) is 9.84 Å². The molecule has 1 fully saturated rings. The number of aliphatic hydroxyl groups is 1. The Hall–Kier alpha value is -1.07. The highest BCUT2D eigenvalue weighted by atomic mass is 32.1. The first-order valence-corrected chi connectivity index (χ1v) is 5.68. The Bertz CT molecular complexity index is 357. The normalized spacial score (nSPS) is 24.4. The van der Waals surface area contributed by atoms with Crippen molar-refractivity contribution in [1.29, 1.82) is 0 Å². The number of hydrogen-bond donors (Lipinski definition) is 2. The van der Waals surface area contributed by atoms with E-state index in [1.165, 1.54) is 11.3 Å². The molecule has 82 valence electrons. The second kappa shape index (κ2) is 4.20.